The predicted molar refractivity (Wildman–Crippen MR) is 109 cm³/mol. The number of nitrogens with zero attached hydrogens (tertiary/aromatic N) is 2. The number of rotatable bonds is 5. The molecule has 4 rings (SSSR count). The van der Waals surface area contributed by atoms with Gasteiger partial charge in [0.05, 0.1) is 10.6 Å². The molecule has 29 heavy (non-hydrogen) atoms. The highest BCUT2D eigenvalue weighted by Gasteiger charge is 2.38. The van der Waals surface area contributed by atoms with Gasteiger partial charge in [0.15, 0.2) is 6.29 Å². The molecule has 0 spiro atoms. The summed E-state index contributed by atoms with van der Waals surface area (Å²) >= 11 is 6.14. The maximum absolute atomic E-state index is 12.8. The number of aromatic nitrogens is 2. The van der Waals surface area contributed by atoms with Gasteiger partial charge in [-0.3, -0.25) is 0 Å². The molecule has 2 unspecified atom stereocenters. The lowest BCUT2D eigenvalue weighted by Gasteiger charge is -2.12. The first-order chi connectivity index (χ1) is 13.7. The summed E-state index contributed by atoms with van der Waals surface area (Å²) in [7, 11) is -3.97. The number of hydrogen-bond donors (Lipinski definition) is 2. The summed E-state index contributed by atoms with van der Waals surface area (Å²) in [6.45, 7) is 3.89. The van der Waals surface area contributed by atoms with E-state index in [0.717, 1.165) is 16.7 Å². The zero-order chi connectivity index (χ0) is 20.8. The van der Waals surface area contributed by atoms with Crippen molar-refractivity contribution in [3.8, 4) is 11.3 Å². The van der Waals surface area contributed by atoms with E-state index >= 15 is 0 Å². The molecule has 0 saturated carbocycles. The van der Waals surface area contributed by atoms with E-state index in [1.807, 2.05) is 32.0 Å². The highest BCUT2D eigenvalue weighted by Crippen LogP contribution is 2.37. The van der Waals surface area contributed by atoms with Gasteiger partial charge in [-0.25, -0.2) is 23.1 Å². The normalized spacial score (nSPS) is 18.5. The van der Waals surface area contributed by atoms with Crippen LogP contribution in [0.2, 0.25) is 5.15 Å². The number of epoxide rings is 1. The molecule has 1 aromatic heterocycles. The number of anilines is 1. The number of benzene rings is 2. The van der Waals surface area contributed by atoms with Crippen LogP contribution in [0.5, 0.6) is 0 Å². The lowest BCUT2D eigenvalue weighted by molar-refractivity contribution is 0.156. The zero-order valence-electron chi connectivity index (χ0n) is 15.6. The third-order valence-electron chi connectivity index (χ3n) is 4.62. The Labute approximate surface area is 173 Å². The second kappa shape index (κ2) is 7.38. The lowest BCUT2D eigenvalue weighted by atomic mass is 10.00. The van der Waals surface area contributed by atoms with E-state index in [2.05, 4.69) is 14.7 Å². The first kappa shape index (κ1) is 19.8. The van der Waals surface area contributed by atoms with Crippen LogP contribution in [0.3, 0.4) is 0 Å². The maximum Gasteiger partial charge on any atom is 0.264 e. The Hall–Kier alpha value is -2.52. The lowest BCUT2D eigenvalue weighted by Crippen LogP contribution is -2.15. The molecule has 1 saturated heterocycles. The molecule has 2 N–H and O–H groups in total. The van der Waals surface area contributed by atoms with E-state index in [1.165, 1.54) is 12.1 Å². The first-order valence-corrected chi connectivity index (χ1v) is 10.7. The van der Waals surface area contributed by atoms with Crippen molar-refractivity contribution in [2.45, 2.75) is 31.1 Å². The summed E-state index contributed by atoms with van der Waals surface area (Å²) in [4.78, 5) is 8.39. The molecule has 7 nitrogen and oxygen atoms in total. The SMILES string of the molecule is Cc1cccc(C)c1-c1cc(Cl)nc(NS(=O)(=O)c2cccc(C3OC3O)c2)n1. The van der Waals surface area contributed by atoms with Crippen molar-refractivity contribution < 1.29 is 18.3 Å². The summed E-state index contributed by atoms with van der Waals surface area (Å²) in [6.07, 6.45) is -1.42. The van der Waals surface area contributed by atoms with E-state index < -0.39 is 22.4 Å². The Balaban J connectivity index is 1.68. The molecule has 2 heterocycles. The van der Waals surface area contributed by atoms with Crippen LogP contribution in [-0.2, 0) is 14.8 Å². The minimum Gasteiger partial charge on any atom is -0.366 e. The number of halogens is 1. The first-order valence-electron chi connectivity index (χ1n) is 8.82. The predicted octanol–water partition coefficient (Wildman–Crippen LogP) is 3.60. The number of aliphatic hydroxyl groups is 1. The average Bonchev–Trinajstić information content (AvgIpc) is 3.38. The van der Waals surface area contributed by atoms with Crippen LogP contribution in [0.25, 0.3) is 11.3 Å². The van der Waals surface area contributed by atoms with Gasteiger partial charge < -0.3 is 9.84 Å². The monoisotopic (exact) mass is 431 g/mol. The van der Waals surface area contributed by atoms with Gasteiger partial charge in [0.25, 0.3) is 10.0 Å². The van der Waals surface area contributed by atoms with Gasteiger partial charge in [0.1, 0.15) is 11.3 Å². The molecule has 150 valence electrons. The molecule has 1 fully saturated rings. The van der Waals surface area contributed by atoms with Gasteiger partial charge in [-0.2, -0.15) is 0 Å². The average molecular weight is 432 g/mol. The fourth-order valence-electron chi connectivity index (χ4n) is 3.20. The number of nitrogens with one attached hydrogen (secondary N) is 1. The standard InChI is InChI=1S/C20H18ClN3O4S/c1-11-5-3-6-12(2)17(11)15-10-16(21)23-20(22-15)24-29(26,27)14-8-4-7-13(9-14)18-19(25)28-18/h3-10,18-19,25H,1-2H3,(H,22,23,24). The Kier molecular flexibility index (Phi) is 5.04. The van der Waals surface area contributed by atoms with E-state index in [1.54, 1.807) is 18.2 Å². The van der Waals surface area contributed by atoms with Crippen molar-refractivity contribution in [2.24, 2.45) is 0 Å². The van der Waals surface area contributed by atoms with Crippen molar-refractivity contribution in [3.63, 3.8) is 0 Å². The molecule has 2 atom stereocenters. The molecule has 1 aliphatic rings. The molecule has 3 aromatic rings. The summed E-state index contributed by atoms with van der Waals surface area (Å²) in [5.41, 5.74) is 3.96. The van der Waals surface area contributed by atoms with Gasteiger partial charge in [-0.05, 0) is 42.7 Å². The van der Waals surface area contributed by atoms with Gasteiger partial charge in [-0.15, -0.1) is 0 Å². The summed E-state index contributed by atoms with van der Waals surface area (Å²) in [5, 5.41) is 9.52. The fourth-order valence-corrected chi connectivity index (χ4v) is 4.38. The van der Waals surface area contributed by atoms with Crippen molar-refractivity contribution in [1.29, 1.82) is 0 Å². The quantitative estimate of drug-likeness (QED) is 0.472. The Morgan fingerprint density at radius 3 is 2.38 bits per heavy atom. The van der Waals surface area contributed by atoms with Gasteiger partial charge in [0, 0.05) is 11.6 Å². The maximum atomic E-state index is 12.8. The number of hydrogen-bond acceptors (Lipinski definition) is 6. The fraction of sp³-hybridized carbons (Fsp3) is 0.200. The van der Waals surface area contributed by atoms with Crippen LogP contribution in [0.1, 0.15) is 22.8 Å². The number of aryl methyl sites for hydroxylation is 2. The van der Waals surface area contributed by atoms with Crippen LogP contribution < -0.4 is 4.72 Å². The smallest absolute Gasteiger partial charge is 0.264 e. The van der Waals surface area contributed by atoms with Crippen LogP contribution >= 0.6 is 11.6 Å². The van der Waals surface area contributed by atoms with E-state index in [0.29, 0.717) is 11.3 Å². The highest BCUT2D eigenvalue weighted by molar-refractivity contribution is 7.92. The number of ether oxygens (including phenoxy) is 1. The van der Waals surface area contributed by atoms with Gasteiger partial charge in [0.2, 0.25) is 5.95 Å². The Morgan fingerprint density at radius 1 is 1.07 bits per heavy atom. The van der Waals surface area contributed by atoms with Gasteiger partial charge in [-0.1, -0.05) is 41.9 Å². The van der Waals surface area contributed by atoms with Crippen LogP contribution in [0.15, 0.2) is 53.4 Å². The van der Waals surface area contributed by atoms with Crippen LogP contribution in [-0.4, -0.2) is 29.8 Å². The summed E-state index contributed by atoms with van der Waals surface area (Å²) < 4.78 is 33.0. The molecule has 0 aliphatic carbocycles. The zero-order valence-corrected chi connectivity index (χ0v) is 17.2. The van der Waals surface area contributed by atoms with E-state index in [9.17, 15) is 13.5 Å². The van der Waals surface area contributed by atoms with Crippen LogP contribution in [0, 0.1) is 13.8 Å². The van der Waals surface area contributed by atoms with Crippen molar-refractivity contribution in [1.82, 2.24) is 9.97 Å². The second-order valence-electron chi connectivity index (χ2n) is 6.79. The highest BCUT2D eigenvalue weighted by atomic mass is 35.5. The van der Waals surface area contributed by atoms with Crippen molar-refractivity contribution >= 4 is 27.6 Å². The number of aliphatic hydroxyl groups excluding tert-OH is 1. The van der Waals surface area contributed by atoms with Crippen LogP contribution in [0.4, 0.5) is 5.95 Å². The summed E-state index contributed by atoms with van der Waals surface area (Å²) in [5.74, 6) is -0.122. The molecule has 2 aromatic carbocycles. The molecular weight excluding hydrogens is 414 g/mol. The van der Waals surface area contributed by atoms with Gasteiger partial charge >= 0.3 is 0 Å². The second-order valence-corrected chi connectivity index (χ2v) is 8.86. The Morgan fingerprint density at radius 2 is 1.72 bits per heavy atom. The third kappa shape index (κ3) is 4.11. The molecule has 1 aliphatic heterocycles. The Bertz CT molecular complexity index is 1180. The molecule has 0 bridgehead atoms. The number of sulfonamides is 1. The van der Waals surface area contributed by atoms with Crippen molar-refractivity contribution in [3.05, 3.63) is 70.4 Å². The minimum atomic E-state index is -3.97. The largest absolute Gasteiger partial charge is 0.366 e. The van der Waals surface area contributed by atoms with Crippen molar-refractivity contribution in [2.75, 3.05) is 4.72 Å². The molecule has 0 amide bonds. The topological polar surface area (TPSA) is 105 Å². The minimum absolute atomic E-state index is 0.00916. The summed E-state index contributed by atoms with van der Waals surface area (Å²) in [6, 6.07) is 13.6. The van der Waals surface area contributed by atoms with E-state index in [-0.39, 0.29) is 16.0 Å². The molecule has 9 heteroatoms. The third-order valence-corrected chi connectivity index (χ3v) is 6.14. The molecule has 0 radical (unpaired) electrons. The van der Waals surface area contributed by atoms with E-state index in [4.69, 9.17) is 16.3 Å². The molecular formula is C20H18ClN3O4S.